The summed E-state index contributed by atoms with van der Waals surface area (Å²) >= 11 is 0. The van der Waals surface area contributed by atoms with Crippen molar-refractivity contribution in [2.75, 3.05) is 9.80 Å². The van der Waals surface area contributed by atoms with Gasteiger partial charge in [-0.15, -0.1) is 0 Å². The number of benzene rings is 10. The van der Waals surface area contributed by atoms with Gasteiger partial charge in [-0.1, -0.05) is 127 Å². The van der Waals surface area contributed by atoms with Gasteiger partial charge in [-0.3, -0.25) is 0 Å². The predicted octanol–water partition coefficient (Wildman–Crippen LogP) is 15.5. The van der Waals surface area contributed by atoms with Crippen molar-refractivity contribution in [2.24, 2.45) is 0 Å². The van der Waals surface area contributed by atoms with E-state index < -0.39 is 0 Å². The van der Waals surface area contributed by atoms with Crippen molar-refractivity contribution >= 4 is 66.4 Å². The fourth-order valence-electron chi connectivity index (χ4n) is 8.54. The zero-order valence-electron chi connectivity index (χ0n) is 31.1. The number of hydrogen-bond acceptors (Lipinski definition) is 3. The zero-order valence-corrected chi connectivity index (χ0v) is 31.1. The predicted molar refractivity (Wildman–Crippen MR) is 239 cm³/mol. The second-order valence-corrected chi connectivity index (χ2v) is 14.5. The van der Waals surface area contributed by atoms with Crippen LogP contribution in [0.25, 0.3) is 54.6 Å². The van der Waals surface area contributed by atoms with Gasteiger partial charge in [0.1, 0.15) is 11.5 Å². The smallest absolute Gasteiger partial charge is 0.137 e. The lowest BCUT2D eigenvalue weighted by atomic mass is 9.89. The van der Waals surface area contributed by atoms with E-state index in [1.807, 2.05) is 0 Å². The first-order chi connectivity index (χ1) is 28.3. The summed E-state index contributed by atoms with van der Waals surface area (Å²) in [4.78, 5) is 4.63. The number of para-hydroxylation sites is 3. The molecule has 1 aliphatic heterocycles. The number of hydrogen-bond donors (Lipinski definition) is 0. The van der Waals surface area contributed by atoms with Gasteiger partial charge < -0.3 is 14.5 Å². The first-order valence-electron chi connectivity index (χ1n) is 19.4. The maximum atomic E-state index is 6.84. The molecule has 11 rings (SSSR count). The summed E-state index contributed by atoms with van der Waals surface area (Å²) in [6, 6.07) is 77.9. The van der Waals surface area contributed by atoms with Crippen LogP contribution in [0.1, 0.15) is 0 Å². The van der Waals surface area contributed by atoms with E-state index in [0.717, 1.165) is 56.6 Å². The van der Waals surface area contributed by atoms with Gasteiger partial charge in [0.2, 0.25) is 0 Å². The summed E-state index contributed by atoms with van der Waals surface area (Å²) in [6.45, 7) is 0. The molecule has 0 spiro atoms. The molecule has 10 aromatic rings. The fourth-order valence-corrected chi connectivity index (χ4v) is 8.54. The molecule has 3 nitrogen and oxygen atoms in total. The van der Waals surface area contributed by atoms with Crippen LogP contribution in [0.2, 0.25) is 0 Å². The number of rotatable bonds is 7. The van der Waals surface area contributed by atoms with Crippen molar-refractivity contribution in [3.8, 4) is 33.8 Å². The molecule has 3 heteroatoms. The third-order valence-corrected chi connectivity index (χ3v) is 11.2. The lowest BCUT2D eigenvalue weighted by molar-refractivity contribution is 0.487. The van der Waals surface area contributed by atoms with Crippen molar-refractivity contribution in [2.45, 2.75) is 0 Å². The SMILES string of the molecule is c1ccc(N(c2ccccc2)c2ccc(-c3ccc4cc5c6c(cccc6c4c3)Oc3cc(N(c4ccccc4)c4cccc6ccccc46)ccc3-5)cc2)cc1. The normalized spacial score (nSPS) is 11.6. The third kappa shape index (κ3) is 5.68. The molecule has 1 heterocycles. The average molecular weight is 729 g/mol. The lowest BCUT2D eigenvalue weighted by Crippen LogP contribution is -2.11. The molecular weight excluding hydrogens is 693 g/mol. The van der Waals surface area contributed by atoms with Gasteiger partial charge >= 0.3 is 0 Å². The second kappa shape index (κ2) is 13.6. The van der Waals surface area contributed by atoms with Gasteiger partial charge in [0.05, 0.1) is 5.69 Å². The van der Waals surface area contributed by atoms with Crippen molar-refractivity contribution < 1.29 is 4.74 Å². The van der Waals surface area contributed by atoms with Crippen LogP contribution in [-0.4, -0.2) is 0 Å². The Balaban J connectivity index is 0.987. The van der Waals surface area contributed by atoms with Crippen molar-refractivity contribution in [1.82, 2.24) is 0 Å². The highest BCUT2D eigenvalue weighted by Crippen LogP contribution is 2.51. The Kier molecular flexibility index (Phi) is 7.82. The largest absolute Gasteiger partial charge is 0.456 e. The Hall–Kier alpha value is -7.62. The molecule has 0 saturated carbocycles. The molecule has 0 unspecified atom stereocenters. The Morgan fingerprint density at radius 1 is 0.298 bits per heavy atom. The number of anilines is 6. The quantitative estimate of drug-likeness (QED) is 0.152. The minimum atomic E-state index is 0.852. The van der Waals surface area contributed by atoms with Crippen LogP contribution in [0.5, 0.6) is 11.5 Å². The maximum Gasteiger partial charge on any atom is 0.137 e. The van der Waals surface area contributed by atoms with Gasteiger partial charge in [-0.05, 0) is 123 Å². The van der Waals surface area contributed by atoms with Gasteiger partial charge in [-0.25, -0.2) is 0 Å². The van der Waals surface area contributed by atoms with Crippen molar-refractivity contribution in [1.29, 1.82) is 0 Å². The van der Waals surface area contributed by atoms with E-state index in [9.17, 15) is 0 Å². The summed E-state index contributed by atoms with van der Waals surface area (Å²) in [5.41, 5.74) is 11.3. The molecule has 0 amide bonds. The lowest BCUT2D eigenvalue weighted by Gasteiger charge is -2.29. The molecule has 10 aromatic carbocycles. The average Bonchev–Trinajstić information content (AvgIpc) is 3.28. The topological polar surface area (TPSA) is 15.7 Å². The molecule has 0 N–H and O–H groups in total. The summed E-state index contributed by atoms with van der Waals surface area (Å²) in [5.74, 6) is 1.73. The van der Waals surface area contributed by atoms with Gasteiger partial charge in [0.25, 0.3) is 0 Å². The molecule has 1 aliphatic rings. The van der Waals surface area contributed by atoms with E-state index >= 15 is 0 Å². The minimum absolute atomic E-state index is 0.852. The molecule has 0 saturated heterocycles. The third-order valence-electron chi connectivity index (χ3n) is 11.2. The Bertz CT molecular complexity index is 3040. The van der Waals surface area contributed by atoms with Crippen LogP contribution in [0, 0.1) is 0 Å². The van der Waals surface area contributed by atoms with Crippen LogP contribution in [-0.2, 0) is 0 Å². The monoisotopic (exact) mass is 728 g/mol. The molecule has 0 atom stereocenters. The maximum absolute atomic E-state index is 6.84. The van der Waals surface area contributed by atoms with E-state index in [0.29, 0.717) is 0 Å². The summed E-state index contributed by atoms with van der Waals surface area (Å²) in [5, 5.41) is 7.15. The van der Waals surface area contributed by atoms with Crippen LogP contribution < -0.4 is 14.5 Å². The highest BCUT2D eigenvalue weighted by atomic mass is 16.5. The summed E-state index contributed by atoms with van der Waals surface area (Å²) in [7, 11) is 0. The van der Waals surface area contributed by atoms with Crippen molar-refractivity contribution in [3.63, 3.8) is 0 Å². The second-order valence-electron chi connectivity index (χ2n) is 14.5. The zero-order chi connectivity index (χ0) is 37.7. The van der Waals surface area contributed by atoms with Crippen LogP contribution in [0.4, 0.5) is 34.1 Å². The fraction of sp³-hybridized carbons (Fsp3) is 0. The van der Waals surface area contributed by atoms with Gasteiger partial charge in [0.15, 0.2) is 0 Å². The first kappa shape index (κ1) is 32.8. The molecule has 0 aliphatic carbocycles. The first-order valence-corrected chi connectivity index (χ1v) is 19.4. The standard InChI is InChI=1S/C54H36N2O/c1-4-16-41(17-5-1)55(42-18-6-2-7-19-42)44-30-28-37(29-31-44)39-26-27-40-35-50-47-33-32-45(36-53(47)57-52-25-13-23-48(54(50)52)49(40)34-39)56(43-20-8-3-9-21-43)51-24-12-15-38-14-10-11-22-46(38)51/h1-36H. The van der Waals surface area contributed by atoms with Crippen LogP contribution in [0.3, 0.4) is 0 Å². The van der Waals surface area contributed by atoms with E-state index in [2.05, 4.69) is 228 Å². The Labute approximate surface area is 331 Å². The molecule has 0 fully saturated rings. The highest BCUT2D eigenvalue weighted by Gasteiger charge is 2.24. The number of fused-ring (bicyclic) bond motifs is 5. The summed E-state index contributed by atoms with van der Waals surface area (Å²) < 4.78 is 6.84. The number of ether oxygens (including phenoxy) is 1. The van der Waals surface area contributed by atoms with Crippen LogP contribution in [0.15, 0.2) is 218 Å². The van der Waals surface area contributed by atoms with Gasteiger partial charge in [0, 0.05) is 50.8 Å². The summed E-state index contributed by atoms with van der Waals surface area (Å²) in [6.07, 6.45) is 0. The van der Waals surface area contributed by atoms with Crippen molar-refractivity contribution in [3.05, 3.63) is 218 Å². The minimum Gasteiger partial charge on any atom is -0.456 e. The van der Waals surface area contributed by atoms with E-state index in [1.54, 1.807) is 0 Å². The number of nitrogens with zero attached hydrogens (tertiary/aromatic N) is 2. The van der Waals surface area contributed by atoms with Gasteiger partial charge in [-0.2, -0.15) is 0 Å². The Morgan fingerprint density at radius 2 is 0.877 bits per heavy atom. The molecular formula is C54H36N2O. The van der Waals surface area contributed by atoms with Crippen LogP contribution >= 0.6 is 0 Å². The molecule has 57 heavy (non-hydrogen) atoms. The van der Waals surface area contributed by atoms with E-state index in [4.69, 9.17) is 4.74 Å². The highest BCUT2D eigenvalue weighted by molar-refractivity contribution is 6.18. The molecule has 0 radical (unpaired) electrons. The Morgan fingerprint density at radius 3 is 1.61 bits per heavy atom. The molecule has 0 aromatic heterocycles. The molecule has 268 valence electrons. The van der Waals surface area contributed by atoms with E-state index in [1.165, 1.54) is 43.6 Å². The molecule has 0 bridgehead atoms. The van der Waals surface area contributed by atoms with E-state index in [-0.39, 0.29) is 0 Å².